The van der Waals surface area contributed by atoms with Crippen LogP contribution in [0.3, 0.4) is 0 Å². The van der Waals surface area contributed by atoms with Gasteiger partial charge in [0.2, 0.25) is 0 Å². The van der Waals surface area contributed by atoms with Gasteiger partial charge in [-0.05, 0) is 43.4 Å². The molecule has 148 valence electrons. The number of alkyl halides is 3. The van der Waals surface area contributed by atoms with Gasteiger partial charge in [0.15, 0.2) is 16.3 Å². The van der Waals surface area contributed by atoms with Crippen LogP contribution in [0.2, 0.25) is 5.02 Å². The van der Waals surface area contributed by atoms with E-state index in [9.17, 15) is 18.0 Å². The molecule has 2 N–H and O–H groups in total. The Morgan fingerprint density at radius 1 is 1.32 bits per heavy atom. The molecule has 0 radical (unpaired) electrons. The SMILES string of the molecule is CCn1c(CNC(=O)c2cnn(-c3ccc(Cl)cc3)c2C(F)(F)F)n[nH]c1=S. The number of amides is 1. The Bertz CT molecular complexity index is 1050. The number of nitrogens with zero attached hydrogens (tertiary/aromatic N) is 4. The normalized spacial score (nSPS) is 11.6. The lowest BCUT2D eigenvalue weighted by Gasteiger charge is -2.13. The Hall–Kier alpha value is -2.66. The van der Waals surface area contributed by atoms with E-state index in [0.29, 0.717) is 26.8 Å². The zero-order valence-corrected chi connectivity index (χ0v) is 16.0. The summed E-state index contributed by atoms with van der Waals surface area (Å²) < 4.78 is 43.6. The summed E-state index contributed by atoms with van der Waals surface area (Å²) in [4.78, 5) is 12.4. The van der Waals surface area contributed by atoms with Crippen molar-refractivity contribution < 1.29 is 18.0 Å². The summed E-state index contributed by atoms with van der Waals surface area (Å²) in [6.07, 6.45) is -3.92. The molecule has 0 unspecified atom stereocenters. The van der Waals surface area contributed by atoms with Gasteiger partial charge in [0.1, 0.15) is 0 Å². The average molecular weight is 431 g/mol. The van der Waals surface area contributed by atoms with E-state index in [4.69, 9.17) is 23.8 Å². The second-order valence-electron chi connectivity index (χ2n) is 5.66. The number of carbonyl (C=O) groups excluding carboxylic acids is 1. The molecule has 0 fully saturated rings. The minimum Gasteiger partial charge on any atom is -0.345 e. The van der Waals surface area contributed by atoms with Gasteiger partial charge in [0.25, 0.3) is 5.91 Å². The van der Waals surface area contributed by atoms with E-state index in [1.807, 2.05) is 6.92 Å². The smallest absolute Gasteiger partial charge is 0.345 e. The molecule has 7 nitrogen and oxygen atoms in total. The number of aromatic amines is 1. The first-order valence-electron chi connectivity index (χ1n) is 8.05. The van der Waals surface area contributed by atoms with E-state index in [2.05, 4.69) is 20.6 Å². The maximum Gasteiger partial charge on any atom is 0.434 e. The van der Waals surface area contributed by atoms with Crippen LogP contribution >= 0.6 is 23.8 Å². The molecule has 12 heteroatoms. The zero-order valence-electron chi connectivity index (χ0n) is 14.4. The van der Waals surface area contributed by atoms with E-state index in [1.54, 1.807) is 4.57 Å². The average Bonchev–Trinajstić information content (AvgIpc) is 3.24. The molecule has 1 amide bonds. The Morgan fingerprint density at radius 2 is 2.00 bits per heavy atom. The van der Waals surface area contributed by atoms with E-state index in [1.165, 1.54) is 24.3 Å². The molecule has 2 aromatic heterocycles. The fourth-order valence-corrected chi connectivity index (χ4v) is 3.04. The van der Waals surface area contributed by atoms with Crippen molar-refractivity contribution in [2.45, 2.75) is 26.2 Å². The third kappa shape index (κ3) is 3.94. The van der Waals surface area contributed by atoms with Crippen LogP contribution < -0.4 is 5.32 Å². The summed E-state index contributed by atoms with van der Waals surface area (Å²) in [5, 5.41) is 13.1. The van der Waals surface area contributed by atoms with Crippen LogP contribution in [0.5, 0.6) is 0 Å². The van der Waals surface area contributed by atoms with Crippen LogP contribution in [-0.2, 0) is 19.3 Å². The van der Waals surface area contributed by atoms with Gasteiger partial charge in [0.05, 0.1) is 24.0 Å². The number of nitrogens with one attached hydrogen (secondary N) is 2. The highest BCUT2D eigenvalue weighted by atomic mass is 35.5. The van der Waals surface area contributed by atoms with Gasteiger partial charge in [-0.15, -0.1) is 0 Å². The third-order valence-corrected chi connectivity index (χ3v) is 4.48. The number of benzene rings is 1. The van der Waals surface area contributed by atoms with Crippen molar-refractivity contribution in [2.24, 2.45) is 0 Å². The summed E-state index contributed by atoms with van der Waals surface area (Å²) in [5.41, 5.74) is -1.65. The van der Waals surface area contributed by atoms with Crippen molar-refractivity contribution >= 4 is 29.7 Å². The van der Waals surface area contributed by atoms with Crippen LogP contribution in [0.4, 0.5) is 13.2 Å². The molecular weight excluding hydrogens is 417 g/mol. The Balaban J connectivity index is 1.91. The number of aromatic nitrogens is 5. The number of hydrogen-bond acceptors (Lipinski definition) is 4. The topological polar surface area (TPSA) is 80.5 Å². The molecule has 0 aliphatic rings. The van der Waals surface area contributed by atoms with Gasteiger partial charge in [-0.25, -0.2) is 4.68 Å². The molecule has 1 aromatic carbocycles. The predicted molar refractivity (Wildman–Crippen MR) is 97.8 cm³/mol. The molecular formula is C16H14ClF3N6OS. The second-order valence-corrected chi connectivity index (χ2v) is 6.49. The van der Waals surface area contributed by atoms with Crippen molar-refractivity contribution in [1.82, 2.24) is 29.9 Å². The summed E-state index contributed by atoms with van der Waals surface area (Å²) in [6.45, 7) is 2.24. The first-order valence-corrected chi connectivity index (χ1v) is 8.84. The lowest BCUT2D eigenvalue weighted by molar-refractivity contribution is -0.143. The molecule has 3 aromatic rings. The predicted octanol–water partition coefficient (Wildman–Crippen LogP) is 3.75. The molecule has 2 heterocycles. The summed E-state index contributed by atoms with van der Waals surface area (Å²) in [7, 11) is 0. The van der Waals surface area contributed by atoms with Crippen LogP contribution in [0.15, 0.2) is 30.5 Å². The lowest BCUT2D eigenvalue weighted by Crippen LogP contribution is -2.27. The highest BCUT2D eigenvalue weighted by Crippen LogP contribution is 2.33. The number of H-pyrrole nitrogens is 1. The maximum absolute atomic E-state index is 13.7. The van der Waals surface area contributed by atoms with Gasteiger partial charge >= 0.3 is 6.18 Å². The number of hydrogen-bond donors (Lipinski definition) is 2. The quantitative estimate of drug-likeness (QED) is 0.604. The molecule has 0 spiro atoms. The first kappa shape index (κ1) is 20.1. The van der Waals surface area contributed by atoms with Crippen molar-refractivity contribution in [3.05, 3.63) is 57.3 Å². The minimum atomic E-state index is -4.80. The molecule has 0 saturated heterocycles. The fraction of sp³-hybridized carbons (Fsp3) is 0.250. The van der Waals surface area contributed by atoms with Crippen molar-refractivity contribution in [1.29, 1.82) is 0 Å². The maximum atomic E-state index is 13.7. The lowest BCUT2D eigenvalue weighted by atomic mass is 10.2. The Labute approximate surface area is 167 Å². The number of rotatable bonds is 5. The highest BCUT2D eigenvalue weighted by molar-refractivity contribution is 7.71. The van der Waals surface area contributed by atoms with Gasteiger partial charge in [-0.2, -0.15) is 23.4 Å². The van der Waals surface area contributed by atoms with Crippen molar-refractivity contribution in [3.8, 4) is 5.69 Å². The summed E-state index contributed by atoms with van der Waals surface area (Å²) in [5.74, 6) is -0.524. The molecule has 0 atom stereocenters. The monoisotopic (exact) mass is 430 g/mol. The van der Waals surface area contributed by atoms with Gasteiger partial charge in [0, 0.05) is 11.6 Å². The molecule has 3 rings (SSSR count). The highest BCUT2D eigenvalue weighted by Gasteiger charge is 2.40. The van der Waals surface area contributed by atoms with Crippen LogP contribution in [0.25, 0.3) is 5.69 Å². The molecule has 0 aliphatic carbocycles. The number of carbonyl (C=O) groups is 1. The Morgan fingerprint density at radius 3 is 2.61 bits per heavy atom. The van der Waals surface area contributed by atoms with E-state index < -0.39 is 23.3 Å². The van der Waals surface area contributed by atoms with Gasteiger partial charge < -0.3 is 9.88 Å². The summed E-state index contributed by atoms with van der Waals surface area (Å²) in [6, 6.07) is 5.63. The van der Waals surface area contributed by atoms with Gasteiger partial charge in [-0.1, -0.05) is 11.6 Å². The van der Waals surface area contributed by atoms with Crippen molar-refractivity contribution in [3.63, 3.8) is 0 Å². The zero-order chi connectivity index (χ0) is 20.5. The molecule has 28 heavy (non-hydrogen) atoms. The summed E-state index contributed by atoms with van der Waals surface area (Å²) >= 11 is 10.8. The first-order chi connectivity index (χ1) is 13.2. The number of halogens is 4. The van der Waals surface area contributed by atoms with Gasteiger partial charge in [-0.3, -0.25) is 9.89 Å². The third-order valence-electron chi connectivity index (χ3n) is 3.91. The molecule has 0 bridgehead atoms. The van der Waals surface area contributed by atoms with E-state index >= 15 is 0 Å². The van der Waals surface area contributed by atoms with Crippen LogP contribution in [-0.4, -0.2) is 30.5 Å². The largest absolute Gasteiger partial charge is 0.434 e. The molecule has 0 saturated carbocycles. The fourth-order valence-electron chi connectivity index (χ4n) is 2.63. The van der Waals surface area contributed by atoms with E-state index in [0.717, 1.165) is 6.20 Å². The second kappa shape index (κ2) is 7.76. The molecule has 0 aliphatic heterocycles. The van der Waals surface area contributed by atoms with E-state index in [-0.39, 0.29) is 12.2 Å². The minimum absolute atomic E-state index is 0.0940. The van der Waals surface area contributed by atoms with Crippen molar-refractivity contribution in [2.75, 3.05) is 0 Å². The standard InChI is InChI=1S/C16H14ClF3N6OS/c1-2-25-12(23-24-15(25)28)8-21-14(27)11-7-22-26(13(11)16(18,19)20)10-5-3-9(17)4-6-10/h3-7H,2,8H2,1H3,(H,21,27)(H,24,28). The van der Waals surface area contributed by atoms with Crippen LogP contribution in [0, 0.1) is 4.77 Å². The van der Waals surface area contributed by atoms with Crippen LogP contribution in [0.1, 0.15) is 28.8 Å². The Kier molecular flexibility index (Phi) is 5.57.